The maximum Gasteiger partial charge on any atom is 0.348 e. The van der Waals surface area contributed by atoms with E-state index in [4.69, 9.17) is 4.74 Å². The lowest BCUT2D eigenvalue weighted by molar-refractivity contribution is 0.0702. The Morgan fingerprint density at radius 1 is 1.26 bits per heavy atom. The molecule has 0 aliphatic rings. The first-order valence-corrected chi connectivity index (χ1v) is 6.62. The molecule has 0 bridgehead atoms. The van der Waals surface area contributed by atoms with Crippen molar-refractivity contribution in [2.75, 3.05) is 7.11 Å². The molecule has 0 saturated carbocycles. The van der Waals surface area contributed by atoms with Gasteiger partial charge in [0.15, 0.2) is 0 Å². The van der Waals surface area contributed by atoms with Gasteiger partial charge in [0.1, 0.15) is 10.6 Å². The first-order chi connectivity index (χ1) is 8.93. The molecule has 0 unspecified atom stereocenters. The number of aryl methyl sites for hydroxylation is 3. The SMILES string of the molecule is COc1cc(C)c(C)cc1-c1nc(C)sc1C(=O)O. The number of methoxy groups -OCH3 is 1. The van der Waals surface area contributed by atoms with Crippen molar-refractivity contribution in [3.8, 4) is 17.0 Å². The van der Waals surface area contributed by atoms with E-state index in [0.717, 1.165) is 21.7 Å². The predicted octanol–water partition coefficient (Wildman–Crippen LogP) is 3.44. The Bertz CT molecular complexity index is 646. The number of aromatic nitrogens is 1. The lowest BCUT2D eigenvalue weighted by Crippen LogP contribution is -1.98. The van der Waals surface area contributed by atoms with E-state index in [2.05, 4.69) is 4.98 Å². The zero-order valence-corrected chi connectivity index (χ0v) is 12.1. The zero-order chi connectivity index (χ0) is 14.2. The molecule has 1 N–H and O–H groups in total. The molecule has 1 aromatic carbocycles. The molecule has 0 fully saturated rings. The van der Waals surface area contributed by atoms with Gasteiger partial charge in [0.25, 0.3) is 0 Å². The van der Waals surface area contributed by atoms with Crippen molar-refractivity contribution in [3.05, 3.63) is 33.1 Å². The van der Waals surface area contributed by atoms with Crippen LogP contribution in [0.1, 0.15) is 25.8 Å². The molecular weight excluding hydrogens is 262 g/mol. The molecule has 5 heteroatoms. The summed E-state index contributed by atoms with van der Waals surface area (Å²) < 4.78 is 5.35. The third-order valence-electron chi connectivity index (χ3n) is 3.00. The standard InChI is InChI=1S/C14H15NO3S/c1-7-5-10(11(18-4)6-8(7)2)12-13(14(16)17)19-9(3)15-12/h5-6H,1-4H3,(H,16,17). The number of benzene rings is 1. The Morgan fingerprint density at radius 2 is 1.89 bits per heavy atom. The summed E-state index contributed by atoms with van der Waals surface area (Å²) in [6.07, 6.45) is 0. The number of carbonyl (C=O) groups is 1. The minimum Gasteiger partial charge on any atom is -0.496 e. The number of ether oxygens (including phenoxy) is 1. The molecule has 4 nitrogen and oxygen atoms in total. The summed E-state index contributed by atoms with van der Waals surface area (Å²) in [5, 5.41) is 9.99. The van der Waals surface area contributed by atoms with Gasteiger partial charge in [-0.1, -0.05) is 0 Å². The quantitative estimate of drug-likeness (QED) is 0.933. The van der Waals surface area contributed by atoms with E-state index >= 15 is 0 Å². The summed E-state index contributed by atoms with van der Waals surface area (Å²) >= 11 is 1.18. The van der Waals surface area contributed by atoms with Crippen LogP contribution in [0.15, 0.2) is 12.1 Å². The summed E-state index contributed by atoms with van der Waals surface area (Å²) in [6, 6.07) is 3.83. The van der Waals surface area contributed by atoms with E-state index in [9.17, 15) is 9.90 Å². The largest absolute Gasteiger partial charge is 0.496 e. The molecule has 100 valence electrons. The van der Waals surface area contributed by atoms with Crippen LogP contribution >= 0.6 is 11.3 Å². The highest BCUT2D eigenvalue weighted by Gasteiger charge is 2.20. The van der Waals surface area contributed by atoms with Crippen molar-refractivity contribution >= 4 is 17.3 Å². The Labute approximate surface area is 115 Å². The van der Waals surface area contributed by atoms with E-state index in [0.29, 0.717) is 11.4 Å². The molecule has 0 saturated heterocycles. The minimum absolute atomic E-state index is 0.249. The van der Waals surface area contributed by atoms with E-state index < -0.39 is 5.97 Å². The third-order valence-corrected chi connectivity index (χ3v) is 3.96. The van der Waals surface area contributed by atoms with Crippen LogP contribution in [0.4, 0.5) is 0 Å². The number of aromatic carboxylic acids is 1. The number of rotatable bonds is 3. The van der Waals surface area contributed by atoms with Crippen LogP contribution in [0, 0.1) is 20.8 Å². The van der Waals surface area contributed by atoms with Crippen LogP contribution in [0.5, 0.6) is 5.75 Å². The fourth-order valence-electron chi connectivity index (χ4n) is 1.90. The van der Waals surface area contributed by atoms with Gasteiger partial charge in [-0.2, -0.15) is 0 Å². The molecule has 1 aromatic heterocycles. The number of nitrogens with zero attached hydrogens (tertiary/aromatic N) is 1. The highest BCUT2D eigenvalue weighted by molar-refractivity contribution is 7.14. The molecular formula is C14H15NO3S. The van der Waals surface area contributed by atoms with E-state index in [-0.39, 0.29) is 4.88 Å². The third kappa shape index (κ3) is 2.46. The van der Waals surface area contributed by atoms with Crippen LogP contribution in [0.3, 0.4) is 0 Å². The van der Waals surface area contributed by atoms with Crippen LogP contribution in [0.2, 0.25) is 0 Å². The summed E-state index contributed by atoms with van der Waals surface area (Å²) in [5.41, 5.74) is 3.39. The fourth-order valence-corrected chi connectivity index (χ4v) is 2.67. The maximum atomic E-state index is 11.3. The van der Waals surface area contributed by atoms with Gasteiger partial charge in [-0.3, -0.25) is 0 Å². The molecule has 0 aliphatic heterocycles. The highest BCUT2D eigenvalue weighted by atomic mass is 32.1. The first kappa shape index (κ1) is 13.5. The molecule has 0 aliphatic carbocycles. The van der Waals surface area contributed by atoms with Crippen molar-refractivity contribution in [2.24, 2.45) is 0 Å². The molecule has 2 aromatic rings. The Kier molecular flexibility index (Phi) is 3.57. The van der Waals surface area contributed by atoms with Gasteiger partial charge in [-0.25, -0.2) is 9.78 Å². The van der Waals surface area contributed by atoms with Gasteiger partial charge < -0.3 is 9.84 Å². The van der Waals surface area contributed by atoms with Crippen LogP contribution in [-0.4, -0.2) is 23.2 Å². The second kappa shape index (κ2) is 5.01. The number of hydrogen-bond acceptors (Lipinski definition) is 4. The normalized spacial score (nSPS) is 10.5. The van der Waals surface area contributed by atoms with E-state index in [1.54, 1.807) is 14.0 Å². The average Bonchev–Trinajstić information content (AvgIpc) is 2.74. The number of carboxylic acid groups (broad SMARTS) is 1. The summed E-state index contributed by atoms with van der Waals surface area (Å²) in [7, 11) is 1.58. The van der Waals surface area contributed by atoms with Crippen LogP contribution in [0.25, 0.3) is 11.3 Å². The first-order valence-electron chi connectivity index (χ1n) is 5.80. The molecule has 19 heavy (non-hydrogen) atoms. The number of hydrogen-bond donors (Lipinski definition) is 1. The summed E-state index contributed by atoms with van der Waals surface area (Å²) in [5.74, 6) is -0.309. The molecule has 2 rings (SSSR count). The van der Waals surface area contributed by atoms with Crippen LogP contribution in [-0.2, 0) is 0 Å². The zero-order valence-electron chi connectivity index (χ0n) is 11.3. The molecule has 1 heterocycles. The van der Waals surface area contributed by atoms with Gasteiger partial charge in [-0.05, 0) is 44.0 Å². The average molecular weight is 277 g/mol. The molecule has 0 atom stereocenters. The predicted molar refractivity (Wildman–Crippen MR) is 75.3 cm³/mol. The smallest absolute Gasteiger partial charge is 0.348 e. The second-order valence-corrected chi connectivity index (χ2v) is 5.56. The highest BCUT2D eigenvalue weighted by Crippen LogP contribution is 2.36. The van der Waals surface area contributed by atoms with Crippen molar-refractivity contribution in [1.29, 1.82) is 0 Å². The summed E-state index contributed by atoms with van der Waals surface area (Å²) in [4.78, 5) is 15.9. The molecule has 0 amide bonds. The molecule has 0 radical (unpaired) electrons. The van der Waals surface area contributed by atoms with Gasteiger partial charge in [0, 0.05) is 5.56 Å². The van der Waals surface area contributed by atoms with Gasteiger partial charge in [0.2, 0.25) is 0 Å². The Hall–Kier alpha value is -1.88. The number of thiazole rings is 1. The van der Waals surface area contributed by atoms with Gasteiger partial charge in [-0.15, -0.1) is 11.3 Å². The van der Waals surface area contributed by atoms with Gasteiger partial charge in [0.05, 0.1) is 17.8 Å². The lowest BCUT2D eigenvalue weighted by Gasteiger charge is -2.10. The van der Waals surface area contributed by atoms with Crippen molar-refractivity contribution in [2.45, 2.75) is 20.8 Å². The molecule has 0 spiro atoms. The van der Waals surface area contributed by atoms with Crippen LogP contribution < -0.4 is 4.74 Å². The van der Waals surface area contributed by atoms with Gasteiger partial charge >= 0.3 is 5.97 Å². The fraction of sp³-hybridized carbons (Fsp3) is 0.286. The monoisotopic (exact) mass is 277 g/mol. The Morgan fingerprint density at radius 3 is 2.47 bits per heavy atom. The van der Waals surface area contributed by atoms with E-state index in [1.807, 2.05) is 26.0 Å². The second-order valence-electron chi connectivity index (χ2n) is 4.35. The lowest BCUT2D eigenvalue weighted by atomic mass is 10.0. The topological polar surface area (TPSA) is 59.4 Å². The van der Waals surface area contributed by atoms with Crippen molar-refractivity contribution in [1.82, 2.24) is 4.98 Å². The Balaban J connectivity index is 2.71. The van der Waals surface area contributed by atoms with E-state index in [1.165, 1.54) is 11.3 Å². The minimum atomic E-state index is -0.958. The summed E-state index contributed by atoms with van der Waals surface area (Å²) in [6.45, 7) is 5.78. The maximum absolute atomic E-state index is 11.3. The van der Waals surface area contributed by atoms with Crippen molar-refractivity contribution < 1.29 is 14.6 Å². The van der Waals surface area contributed by atoms with Crippen molar-refractivity contribution in [3.63, 3.8) is 0 Å². The number of carboxylic acids is 1.